The molecule has 0 atom stereocenters. The number of halogens is 1. The molecule has 21 heavy (non-hydrogen) atoms. The first-order chi connectivity index (χ1) is 9.95. The summed E-state index contributed by atoms with van der Waals surface area (Å²) < 4.78 is 0.882. The monoisotopic (exact) mass is 363 g/mol. The third-order valence-corrected chi connectivity index (χ3v) is 3.89. The molecule has 108 valence electrons. The van der Waals surface area contributed by atoms with Gasteiger partial charge in [-0.1, -0.05) is 22.0 Å². The lowest BCUT2D eigenvalue weighted by Crippen LogP contribution is -2.34. The fourth-order valence-corrected chi connectivity index (χ4v) is 2.23. The van der Waals surface area contributed by atoms with Crippen molar-refractivity contribution in [1.29, 1.82) is 0 Å². The van der Waals surface area contributed by atoms with Gasteiger partial charge in [0.05, 0.1) is 0 Å². The van der Waals surface area contributed by atoms with E-state index in [0.717, 1.165) is 15.7 Å². The van der Waals surface area contributed by atoms with Gasteiger partial charge in [0.1, 0.15) is 0 Å². The fourth-order valence-electron chi connectivity index (χ4n) is 1.64. The molecule has 0 heterocycles. The van der Waals surface area contributed by atoms with Crippen molar-refractivity contribution in [3.05, 3.63) is 58.1 Å². The zero-order chi connectivity index (χ0) is 15.4. The van der Waals surface area contributed by atoms with Crippen LogP contribution >= 0.6 is 28.1 Å². The summed E-state index contributed by atoms with van der Waals surface area (Å²) in [5, 5.41) is 5.80. The van der Waals surface area contributed by atoms with Crippen LogP contribution < -0.4 is 16.4 Å². The number of benzene rings is 2. The van der Waals surface area contributed by atoms with E-state index >= 15 is 0 Å². The molecule has 1 amide bonds. The first-order valence-electron chi connectivity index (χ1n) is 6.20. The topological polar surface area (TPSA) is 67.2 Å². The molecule has 4 nitrogen and oxygen atoms in total. The van der Waals surface area contributed by atoms with Crippen LogP contribution in [-0.4, -0.2) is 11.0 Å². The largest absolute Gasteiger partial charge is 0.399 e. The number of hydrogen-bond acceptors (Lipinski definition) is 3. The van der Waals surface area contributed by atoms with Gasteiger partial charge >= 0.3 is 0 Å². The molecular formula is C15H14BrN3OS. The number of rotatable bonds is 2. The number of hydrogen-bond donors (Lipinski definition) is 3. The Morgan fingerprint density at radius 2 is 1.86 bits per heavy atom. The maximum Gasteiger partial charge on any atom is 0.257 e. The number of nitrogen functional groups attached to an aromatic ring is 1. The molecule has 0 aromatic heterocycles. The average Bonchev–Trinajstić information content (AvgIpc) is 2.44. The summed E-state index contributed by atoms with van der Waals surface area (Å²) in [4.78, 5) is 12.1. The van der Waals surface area contributed by atoms with Crippen molar-refractivity contribution < 1.29 is 4.79 Å². The molecule has 0 radical (unpaired) electrons. The minimum absolute atomic E-state index is 0.237. The van der Waals surface area contributed by atoms with Gasteiger partial charge in [0.25, 0.3) is 5.91 Å². The summed E-state index contributed by atoms with van der Waals surface area (Å²) >= 11 is 8.52. The molecule has 6 heteroatoms. The lowest BCUT2D eigenvalue weighted by molar-refractivity contribution is 0.0977. The number of thiocarbonyl (C=S) groups is 1. The second-order valence-corrected chi connectivity index (χ2v) is 5.76. The van der Waals surface area contributed by atoms with Gasteiger partial charge in [-0.25, -0.2) is 0 Å². The van der Waals surface area contributed by atoms with E-state index in [1.54, 1.807) is 36.4 Å². The van der Waals surface area contributed by atoms with Crippen LogP contribution in [-0.2, 0) is 0 Å². The van der Waals surface area contributed by atoms with E-state index in [9.17, 15) is 4.79 Å². The fraction of sp³-hybridized carbons (Fsp3) is 0.0667. The van der Waals surface area contributed by atoms with E-state index in [1.807, 2.05) is 13.0 Å². The maximum atomic E-state index is 12.1. The molecule has 0 saturated heterocycles. The molecule has 0 saturated carbocycles. The maximum absolute atomic E-state index is 12.1. The average molecular weight is 364 g/mol. The van der Waals surface area contributed by atoms with Crippen LogP contribution in [0.25, 0.3) is 0 Å². The molecule has 2 rings (SSSR count). The van der Waals surface area contributed by atoms with Crippen molar-refractivity contribution in [2.75, 3.05) is 11.1 Å². The number of nitrogens with one attached hydrogen (secondary N) is 2. The molecule has 0 fully saturated rings. The van der Waals surface area contributed by atoms with Crippen LogP contribution in [0.2, 0.25) is 0 Å². The molecule has 0 unspecified atom stereocenters. The third-order valence-electron chi connectivity index (χ3n) is 2.83. The molecule has 0 aliphatic rings. The summed E-state index contributed by atoms with van der Waals surface area (Å²) in [5.41, 5.74) is 8.64. The predicted molar refractivity (Wildman–Crippen MR) is 93.4 cm³/mol. The van der Waals surface area contributed by atoms with Crippen molar-refractivity contribution in [3.63, 3.8) is 0 Å². The van der Waals surface area contributed by atoms with Crippen LogP contribution in [0.15, 0.2) is 46.9 Å². The van der Waals surface area contributed by atoms with Crippen molar-refractivity contribution in [2.24, 2.45) is 0 Å². The van der Waals surface area contributed by atoms with Gasteiger partial charge in [-0.2, -0.15) is 0 Å². The smallest absolute Gasteiger partial charge is 0.257 e. The summed E-state index contributed by atoms with van der Waals surface area (Å²) in [5.74, 6) is -0.261. The molecule has 2 aromatic carbocycles. The van der Waals surface area contributed by atoms with E-state index in [4.69, 9.17) is 18.0 Å². The van der Waals surface area contributed by atoms with Crippen molar-refractivity contribution in [3.8, 4) is 0 Å². The minimum atomic E-state index is -0.261. The van der Waals surface area contributed by atoms with E-state index < -0.39 is 0 Å². The molecule has 0 bridgehead atoms. The van der Waals surface area contributed by atoms with E-state index in [0.29, 0.717) is 11.3 Å². The number of amides is 1. The summed E-state index contributed by atoms with van der Waals surface area (Å²) in [6, 6.07) is 12.5. The van der Waals surface area contributed by atoms with Crippen LogP contribution in [0.1, 0.15) is 15.9 Å². The molecule has 2 aromatic rings. The Bertz CT molecular complexity index is 686. The molecule has 0 aliphatic carbocycles. The SMILES string of the molecule is Cc1ccc(C(=O)NC(=S)Nc2ccc(N)cc2)cc1Br. The second kappa shape index (κ2) is 6.69. The number of carbonyl (C=O) groups is 1. The lowest BCUT2D eigenvalue weighted by atomic mass is 10.1. The Morgan fingerprint density at radius 1 is 1.19 bits per heavy atom. The highest BCUT2D eigenvalue weighted by Gasteiger charge is 2.09. The predicted octanol–water partition coefficient (Wildman–Crippen LogP) is 3.47. The van der Waals surface area contributed by atoms with Gasteiger partial charge in [0, 0.05) is 21.4 Å². The molecule has 0 aliphatic heterocycles. The second-order valence-electron chi connectivity index (χ2n) is 4.49. The van der Waals surface area contributed by atoms with Gasteiger partial charge in [-0.15, -0.1) is 0 Å². The van der Waals surface area contributed by atoms with Crippen LogP contribution in [0.3, 0.4) is 0 Å². The van der Waals surface area contributed by atoms with Gasteiger partial charge < -0.3 is 11.1 Å². The first kappa shape index (κ1) is 15.5. The highest BCUT2D eigenvalue weighted by Crippen LogP contribution is 2.17. The number of nitrogens with two attached hydrogens (primary N) is 1. The van der Waals surface area contributed by atoms with E-state index in [-0.39, 0.29) is 11.0 Å². The normalized spacial score (nSPS) is 10.0. The molecular weight excluding hydrogens is 350 g/mol. The summed E-state index contributed by atoms with van der Waals surface area (Å²) in [7, 11) is 0. The van der Waals surface area contributed by atoms with Gasteiger partial charge in [-0.05, 0) is 61.1 Å². The Labute approximate surface area is 136 Å². The Morgan fingerprint density at radius 3 is 2.48 bits per heavy atom. The van der Waals surface area contributed by atoms with Gasteiger partial charge in [-0.3, -0.25) is 10.1 Å². The number of anilines is 2. The highest BCUT2D eigenvalue weighted by atomic mass is 79.9. The highest BCUT2D eigenvalue weighted by molar-refractivity contribution is 9.10. The van der Waals surface area contributed by atoms with Crippen molar-refractivity contribution in [2.45, 2.75) is 6.92 Å². The van der Waals surface area contributed by atoms with Gasteiger partial charge in [0.15, 0.2) is 5.11 Å². The Balaban J connectivity index is 2.00. The number of carbonyl (C=O) groups excluding carboxylic acids is 1. The van der Waals surface area contributed by atoms with Crippen LogP contribution in [0, 0.1) is 6.92 Å². The Hall–Kier alpha value is -1.92. The standard InChI is InChI=1S/C15H14BrN3OS/c1-9-2-3-10(8-13(9)16)14(20)19-15(21)18-12-6-4-11(17)5-7-12/h2-8H,17H2,1H3,(H2,18,19,20,21). The molecule has 4 N–H and O–H groups in total. The molecule has 0 spiro atoms. The van der Waals surface area contributed by atoms with Crippen LogP contribution in [0.4, 0.5) is 11.4 Å². The summed E-state index contributed by atoms with van der Waals surface area (Å²) in [6.07, 6.45) is 0. The zero-order valence-corrected chi connectivity index (χ0v) is 13.7. The van der Waals surface area contributed by atoms with Gasteiger partial charge in [0.2, 0.25) is 0 Å². The number of aryl methyl sites for hydroxylation is 1. The van der Waals surface area contributed by atoms with Crippen molar-refractivity contribution in [1.82, 2.24) is 5.32 Å². The zero-order valence-electron chi connectivity index (χ0n) is 11.3. The first-order valence-corrected chi connectivity index (χ1v) is 7.40. The minimum Gasteiger partial charge on any atom is -0.399 e. The summed E-state index contributed by atoms with van der Waals surface area (Å²) in [6.45, 7) is 1.96. The van der Waals surface area contributed by atoms with Crippen LogP contribution in [0.5, 0.6) is 0 Å². The van der Waals surface area contributed by atoms with E-state index in [1.165, 1.54) is 0 Å². The van der Waals surface area contributed by atoms with E-state index in [2.05, 4.69) is 26.6 Å². The van der Waals surface area contributed by atoms with Crippen molar-refractivity contribution >= 4 is 50.5 Å². The lowest BCUT2D eigenvalue weighted by Gasteiger charge is -2.10. The third kappa shape index (κ3) is 4.27. The Kier molecular flexibility index (Phi) is 4.93. The quantitative estimate of drug-likeness (QED) is 0.564.